The lowest BCUT2D eigenvalue weighted by atomic mass is 10.0. The van der Waals surface area contributed by atoms with Crippen molar-refractivity contribution in [1.82, 2.24) is 19.9 Å². The molecule has 2 N–H and O–H groups in total. The summed E-state index contributed by atoms with van der Waals surface area (Å²) in [5.41, 5.74) is 0.899. The highest BCUT2D eigenvalue weighted by Crippen LogP contribution is 2.40. The quantitative estimate of drug-likeness (QED) is 0.205. The molecule has 1 amide bonds. The van der Waals surface area contributed by atoms with Crippen LogP contribution in [-0.2, 0) is 14.8 Å². The van der Waals surface area contributed by atoms with Gasteiger partial charge in [-0.2, -0.15) is 13.2 Å². The van der Waals surface area contributed by atoms with E-state index in [1.54, 1.807) is 66.7 Å². The number of pyridine rings is 1. The summed E-state index contributed by atoms with van der Waals surface area (Å²) < 4.78 is 77.2. The molecular formula is C32H35F3N6O5S. The van der Waals surface area contributed by atoms with E-state index < -0.39 is 27.6 Å². The maximum atomic E-state index is 12.9. The molecule has 250 valence electrons. The third-order valence-corrected chi connectivity index (χ3v) is 8.35. The van der Waals surface area contributed by atoms with Gasteiger partial charge < -0.3 is 19.7 Å². The van der Waals surface area contributed by atoms with Gasteiger partial charge in [0.05, 0.1) is 16.9 Å². The average Bonchev–Trinajstić information content (AvgIpc) is 2.97. The number of halogens is 3. The van der Waals surface area contributed by atoms with Gasteiger partial charge in [-0.25, -0.2) is 28.2 Å². The van der Waals surface area contributed by atoms with E-state index >= 15 is 0 Å². The SMILES string of the molecule is Cc1cc(NS(=O)(=O)CC(F)(F)F)c2ccccc2c1Oc1ncccc1-c1ccnc(N[C@H]2CCCN(C(=O)OC(C)(C)C)C2)n1. The first-order chi connectivity index (χ1) is 22.1. The Hall–Kier alpha value is -4.66. The second-order valence-electron chi connectivity index (χ2n) is 12.2. The van der Waals surface area contributed by atoms with Crippen LogP contribution < -0.4 is 14.8 Å². The fraction of sp³-hybridized carbons (Fsp3) is 0.375. The molecule has 2 aromatic heterocycles. The van der Waals surface area contributed by atoms with Crippen LogP contribution in [0.2, 0.25) is 0 Å². The van der Waals surface area contributed by atoms with Crippen molar-refractivity contribution in [1.29, 1.82) is 0 Å². The number of anilines is 2. The van der Waals surface area contributed by atoms with Crippen LogP contribution >= 0.6 is 0 Å². The molecular weight excluding hydrogens is 637 g/mol. The molecule has 1 aliphatic rings. The molecule has 1 aliphatic heterocycles. The minimum atomic E-state index is -4.90. The highest BCUT2D eigenvalue weighted by atomic mass is 32.2. The average molecular weight is 673 g/mol. The summed E-state index contributed by atoms with van der Waals surface area (Å²) in [7, 11) is -4.72. The first kappa shape index (κ1) is 33.7. The number of benzene rings is 2. The standard InChI is InChI=1S/C32H35F3N6O5S/c1-20-17-26(40-47(43,44)19-32(33,34)35)22-10-5-6-11-23(22)27(20)45-28-24(12-7-14-36-28)25-13-15-37-29(39-25)38-21-9-8-16-41(18-21)30(42)46-31(2,3)4/h5-7,10-15,17,21,40H,8-9,16,18-19H2,1-4H3,(H,37,38,39)/t21-/m0/s1. The Balaban J connectivity index is 1.40. The van der Waals surface area contributed by atoms with Crippen LogP contribution in [0, 0.1) is 6.92 Å². The Morgan fingerprint density at radius 3 is 2.51 bits per heavy atom. The summed E-state index contributed by atoms with van der Waals surface area (Å²) in [6, 6.07) is 13.1. The van der Waals surface area contributed by atoms with Crippen molar-refractivity contribution in [3.8, 4) is 22.9 Å². The number of fused-ring (bicyclic) bond motifs is 1. The summed E-state index contributed by atoms with van der Waals surface area (Å²) >= 11 is 0. The number of hydrogen-bond donors (Lipinski definition) is 2. The van der Waals surface area contributed by atoms with E-state index in [0.717, 1.165) is 12.8 Å². The van der Waals surface area contributed by atoms with Gasteiger partial charge in [-0.05, 0) is 70.4 Å². The Bertz CT molecular complexity index is 1880. The Labute approximate surface area is 270 Å². The normalized spacial score (nSPS) is 15.7. The number of carbonyl (C=O) groups excluding carboxylic acids is 1. The number of amides is 1. The molecule has 0 bridgehead atoms. The van der Waals surface area contributed by atoms with Crippen molar-refractivity contribution in [2.24, 2.45) is 0 Å². The van der Waals surface area contributed by atoms with Crippen molar-refractivity contribution in [2.45, 2.75) is 58.4 Å². The number of sulfonamides is 1. The lowest BCUT2D eigenvalue weighted by molar-refractivity contribution is -0.106. The van der Waals surface area contributed by atoms with Crippen LogP contribution in [0.1, 0.15) is 39.2 Å². The molecule has 1 atom stereocenters. The molecule has 0 radical (unpaired) electrons. The molecule has 4 aromatic rings. The van der Waals surface area contributed by atoms with Crippen LogP contribution in [0.5, 0.6) is 11.6 Å². The zero-order valence-corrected chi connectivity index (χ0v) is 27.1. The maximum absolute atomic E-state index is 12.9. The van der Waals surface area contributed by atoms with Crippen molar-refractivity contribution in [3.05, 3.63) is 66.5 Å². The van der Waals surface area contributed by atoms with E-state index in [0.29, 0.717) is 52.4 Å². The number of aryl methyl sites for hydroxylation is 1. The third-order valence-electron chi connectivity index (χ3n) is 7.11. The summed E-state index contributed by atoms with van der Waals surface area (Å²) in [4.78, 5) is 27.8. The molecule has 2 aromatic carbocycles. The van der Waals surface area contributed by atoms with Crippen LogP contribution in [0.25, 0.3) is 22.0 Å². The van der Waals surface area contributed by atoms with E-state index in [-0.39, 0.29) is 23.7 Å². The smallest absolute Gasteiger partial charge is 0.410 e. The van der Waals surface area contributed by atoms with E-state index in [1.807, 2.05) is 20.8 Å². The van der Waals surface area contributed by atoms with Gasteiger partial charge in [-0.1, -0.05) is 24.3 Å². The van der Waals surface area contributed by atoms with E-state index in [1.165, 1.54) is 6.07 Å². The van der Waals surface area contributed by atoms with Gasteiger partial charge in [0.1, 0.15) is 11.4 Å². The number of aromatic nitrogens is 3. The zero-order valence-electron chi connectivity index (χ0n) is 26.3. The first-order valence-electron chi connectivity index (χ1n) is 14.9. The van der Waals surface area contributed by atoms with Crippen molar-refractivity contribution < 1.29 is 35.9 Å². The number of alkyl halides is 3. The number of piperidine rings is 1. The number of nitrogens with zero attached hydrogens (tertiary/aromatic N) is 4. The molecule has 0 aliphatic carbocycles. The van der Waals surface area contributed by atoms with Gasteiger partial charge in [-0.3, -0.25) is 4.72 Å². The topological polar surface area (TPSA) is 136 Å². The predicted octanol–water partition coefficient (Wildman–Crippen LogP) is 6.91. The fourth-order valence-electron chi connectivity index (χ4n) is 5.24. The minimum Gasteiger partial charge on any atom is -0.444 e. The van der Waals surface area contributed by atoms with E-state index in [9.17, 15) is 26.4 Å². The van der Waals surface area contributed by atoms with Gasteiger partial charge in [0.15, 0.2) is 5.75 Å². The predicted molar refractivity (Wildman–Crippen MR) is 172 cm³/mol. The molecule has 0 saturated carbocycles. The largest absolute Gasteiger partial charge is 0.444 e. The van der Waals surface area contributed by atoms with Gasteiger partial charge in [0.2, 0.25) is 21.9 Å². The Morgan fingerprint density at radius 2 is 1.79 bits per heavy atom. The van der Waals surface area contributed by atoms with Crippen molar-refractivity contribution in [2.75, 3.05) is 28.9 Å². The molecule has 15 heteroatoms. The van der Waals surface area contributed by atoms with Gasteiger partial charge in [0, 0.05) is 42.3 Å². The second kappa shape index (κ2) is 13.2. The number of hydrogen-bond acceptors (Lipinski definition) is 9. The Kier molecular flexibility index (Phi) is 9.48. The van der Waals surface area contributed by atoms with Gasteiger partial charge in [0.25, 0.3) is 0 Å². The number of nitrogens with one attached hydrogen (secondary N) is 2. The summed E-state index contributed by atoms with van der Waals surface area (Å²) in [6.07, 6.45) is -0.536. The number of rotatable bonds is 8. The number of likely N-dealkylation sites (tertiary alicyclic amines) is 1. The summed E-state index contributed by atoms with van der Waals surface area (Å²) in [5.74, 6) is -1.12. The monoisotopic (exact) mass is 672 g/mol. The van der Waals surface area contributed by atoms with Crippen LogP contribution in [0.4, 0.5) is 29.6 Å². The first-order valence-corrected chi connectivity index (χ1v) is 16.5. The highest BCUT2D eigenvalue weighted by Gasteiger charge is 2.35. The van der Waals surface area contributed by atoms with Crippen LogP contribution in [0.15, 0.2) is 60.9 Å². The van der Waals surface area contributed by atoms with Gasteiger partial charge in [-0.15, -0.1) is 0 Å². The molecule has 1 saturated heterocycles. The molecule has 1 fully saturated rings. The molecule has 3 heterocycles. The number of carbonyl (C=O) groups is 1. The lowest BCUT2D eigenvalue weighted by Crippen LogP contribution is -2.47. The minimum absolute atomic E-state index is 0.00425. The van der Waals surface area contributed by atoms with E-state index in [2.05, 4.69) is 20.0 Å². The summed E-state index contributed by atoms with van der Waals surface area (Å²) in [5, 5.41) is 4.13. The maximum Gasteiger partial charge on any atom is 0.410 e. The molecule has 11 nitrogen and oxygen atoms in total. The second-order valence-corrected chi connectivity index (χ2v) is 13.9. The van der Waals surface area contributed by atoms with Crippen molar-refractivity contribution >= 4 is 38.5 Å². The van der Waals surface area contributed by atoms with Gasteiger partial charge >= 0.3 is 12.3 Å². The molecule has 0 spiro atoms. The summed E-state index contributed by atoms with van der Waals surface area (Å²) in [6.45, 7) is 8.16. The van der Waals surface area contributed by atoms with Crippen molar-refractivity contribution in [3.63, 3.8) is 0 Å². The highest BCUT2D eigenvalue weighted by molar-refractivity contribution is 7.92. The zero-order chi connectivity index (χ0) is 34.0. The van der Waals surface area contributed by atoms with Crippen LogP contribution in [0.3, 0.4) is 0 Å². The van der Waals surface area contributed by atoms with Crippen LogP contribution in [-0.4, -0.2) is 71.0 Å². The molecule has 0 unspecified atom stereocenters. The third kappa shape index (κ3) is 8.78. The molecule has 5 rings (SSSR count). The fourth-order valence-corrected chi connectivity index (χ4v) is 6.25. The lowest BCUT2D eigenvalue weighted by Gasteiger charge is -2.34. The number of ether oxygens (including phenoxy) is 2. The molecule has 47 heavy (non-hydrogen) atoms. The Morgan fingerprint density at radius 1 is 1.04 bits per heavy atom. The van der Waals surface area contributed by atoms with E-state index in [4.69, 9.17) is 14.5 Å².